The van der Waals surface area contributed by atoms with E-state index >= 15 is 0 Å². The monoisotopic (exact) mass is 404 g/mol. The number of quaternary nitrogens is 1. The molecule has 2 heterocycles. The van der Waals surface area contributed by atoms with E-state index in [1.165, 1.54) is 16.2 Å². The minimum atomic E-state index is -0.265. The second kappa shape index (κ2) is 9.52. The number of amides is 2. The van der Waals surface area contributed by atoms with Gasteiger partial charge in [-0.3, -0.25) is 20.4 Å². The second-order valence-corrected chi connectivity index (χ2v) is 7.68. The van der Waals surface area contributed by atoms with Crippen LogP contribution in [0.3, 0.4) is 0 Å². The highest BCUT2D eigenvalue weighted by Crippen LogP contribution is 2.27. The fourth-order valence-electron chi connectivity index (χ4n) is 3.21. The molecule has 2 amide bonds. The molecular formula is C19H26N5O3S+. The van der Waals surface area contributed by atoms with Crippen LogP contribution in [-0.4, -0.2) is 56.6 Å². The molecule has 0 radical (unpaired) electrons. The summed E-state index contributed by atoms with van der Waals surface area (Å²) in [5.74, 6) is 0.407. The van der Waals surface area contributed by atoms with Gasteiger partial charge in [-0.1, -0.05) is 12.1 Å². The van der Waals surface area contributed by atoms with Gasteiger partial charge in [0, 0.05) is 11.1 Å². The lowest BCUT2D eigenvalue weighted by Crippen LogP contribution is -3.16. The van der Waals surface area contributed by atoms with Crippen molar-refractivity contribution in [1.82, 2.24) is 15.8 Å². The molecule has 28 heavy (non-hydrogen) atoms. The first-order chi connectivity index (χ1) is 13.5. The lowest BCUT2D eigenvalue weighted by molar-refractivity contribution is -0.892. The number of aryl methyl sites for hydroxylation is 1. The van der Waals surface area contributed by atoms with Gasteiger partial charge in [-0.15, -0.1) is 11.3 Å². The van der Waals surface area contributed by atoms with Crippen LogP contribution in [0, 0.1) is 6.92 Å². The molecule has 0 unspecified atom stereocenters. The molecule has 1 aromatic heterocycles. The highest BCUT2D eigenvalue weighted by Gasteiger charge is 2.24. The fraction of sp³-hybridized carbons (Fsp3) is 0.421. The van der Waals surface area contributed by atoms with Crippen molar-refractivity contribution in [3.63, 3.8) is 0 Å². The Morgan fingerprint density at radius 2 is 1.93 bits per heavy atom. The summed E-state index contributed by atoms with van der Waals surface area (Å²) in [6.07, 6.45) is 0.170. The second-order valence-electron chi connectivity index (χ2n) is 6.74. The highest BCUT2D eigenvalue weighted by atomic mass is 32.1. The SMILES string of the molecule is COc1ccccc1N1CC[NH+](CC(=O)NNC(=O)Cc2nc(C)cs2)CC1. The van der Waals surface area contributed by atoms with E-state index in [2.05, 4.69) is 26.8 Å². The number of anilines is 1. The zero-order valence-corrected chi connectivity index (χ0v) is 17.0. The number of para-hydroxylation sites is 2. The van der Waals surface area contributed by atoms with Gasteiger partial charge in [0.25, 0.3) is 5.91 Å². The molecule has 3 rings (SSSR count). The van der Waals surface area contributed by atoms with Crippen molar-refractivity contribution in [2.24, 2.45) is 0 Å². The number of benzene rings is 1. The van der Waals surface area contributed by atoms with Gasteiger partial charge in [0.2, 0.25) is 5.91 Å². The number of rotatable bonds is 6. The van der Waals surface area contributed by atoms with Crippen LogP contribution in [0.15, 0.2) is 29.6 Å². The van der Waals surface area contributed by atoms with Gasteiger partial charge in [0.1, 0.15) is 10.8 Å². The number of hydrazine groups is 1. The first-order valence-electron chi connectivity index (χ1n) is 9.25. The Bertz CT molecular complexity index is 817. The Labute approximate surface area is 168 Å². The van der Waals surface area contributed by atoms with E-state index in [9.17, 15) is 9.59 Å². The molecule has 0 bridgehead atoms. The average Bonchev–Trinajstić information content (AvgIpc) is 3.11. The zero-order chi connectivity index (χ0) is 19.9. The summed E-state index contributed by atoms with van der Waals surface area (Å²) in [7, 11) is 1.68. The number of hydrogen-bond donors (Lipinski definition) is 3. The lowest BCUT2D eigenvalue weighted by Gasteiger charge is -2.33. The summed E-state index contributed by atoms with van der Waals surface area (Å²) in [4.78, 5) is 31.7. The maximum Gasteiger partial charge on any atom is 0.293 e. The first-order valence-corrected chi connectivity index (χ1v) is 10.1. The van der Waals surface area contributed by atoms with Gasteiger partial charge in [0.05, 0.1) is 45.4 Å². The maximum atomic E-state index is 12.1. The van der Waals surface area contributed by atoms with Crippen LogP contribution in [-0.2, 0) is 16.0 Å². The number of ether oxygens (including phenoxy) is 1. The number of hydrogen-bond acceptors (Lipinski definition) is 6. The number of thiazole rings is 1. The fourth-order valence-corrected chi connectivity index (χ4v) is 3.98. The molecule has 8 nitrogen and oxygen atoms in total. The van der Waals surface area contributed by atoms with E-state index in [0.29, 0.717) is 6.54 Å². The largest absolute Gasteiger partial charge is 0.495 e. The number of piperazine rings is 1. The van der Waals surface area contributed by atoms with Crippen LogP contribution < -0.4 is 25.4 Å². The zero-order valence-electron chi connectivity index (χ0n) is 16.2. The van der Waals surface area contributed by atoms with Crippen molar-refractivity contribution >= 4 is 28.8 Å². The van der Waals surface area contributed by atoms with E-state index in [4.69, 9.17) is 4.74 Å². The molecule has 0 saturated carbocycles. The van der Waals surface area contributed by atoms with Crippen LogP contribution in [0.5, 0.6) is 5.75 Å². The first kappa shape index (κ1) is 20.1. The minimum absolute atomic E-state index is 0.170. The standard InChI is InChI=1S/C19H25N5O3S/c1-14-13-28-19(20-14)11-17(25)21-22-18(26)12-23-7-9-24(10-8-23)15-5-3-4-6-16(15)27-2/h3-6,13H,7-12H2,1-2H3,(H,21,25)(H,22,26)/p+1. The van der Waals surface area contributed by atoms with Crippen molar-refractivity contribution in [1.29, 1.82) is 0 Å². The van der Waals surface area contributed by atoms with Crippen molar-refractivity contribution in [2.75, 3.05) is 44.7 Å². The van der Waals surface area contributed by atoms with Gasteiger partial charge in [-0.05, 0) is 19.1 Å². The van der Waals surface area contributed by atoms with Crippen LogP contribution in [0.1, 0.15) is 10.7 Å². The van der Waals surface area contributed by atoms with Crippen molar-refractivity contribution in [3.05, 3.63) is 40.3 Å². The van der Waals surface area contributed by atoms with Crippen molar-refractivity contribution < 1.29 is 19.2 Å². The Morgan fingerprint density at radius 1 is 1.21 bits per heavy atom. The number of nitrogens with one attached hydrogen (secondary N) is 3. The maximum absolute atomic E-state index is 12.1. The summed E-state index contributed by atoms with van der Waals surface area (Å²) < 4.78 is 5.43. The van der Waals surface area contributed by atoms with E-state index in [-0.39, 0.29) is 18.2 Å². The van der Waals surface area contributed by atoms with Gasteiger partial charge in [-0.25, -0.2) is 4.98 Å². The third-order valence-corrected chi connectivity index (χ3v) is 5.59. The molecule has 1 aromatic carbocycles. The molecule has 150 valence electrons. The topological polar surface area (TPSA) is 88.0 Å². The summed E-state index contributed by atoms with van der Waals surface area (Å²) >= 11 is 1.44. The van der Waals surface area contributed by atoms with E-state index < -0.39 is 0 Å². The highest BCUT2D eigenvalue weighted by molar-refractivity contribution is 7.09. The number of methoxy groups -OCH3 is 1. The molecule has 3 N–H and O–H groups in total. The minimum Gasteiger partial charge on any atom is -0.495 e. The predicted octanol–water partition coefficient (Wildman–Crippen LogP) is -0.445. The number of carbonyl (C=O) groups excluding carboxylic acids is 2. The Morgan fingerprint density at radius 3 is 2.61 bits per heavy atom. The Balaban J connectivity index is 1.39. The summed E-state index contributed by atoms with van der Waals surface area (Å²) in [5, 5.41) is 2.64. The number of aromatic nitrogens is 1. The van der Waals surface area contributed by atoms with Gasteiger partial charge in [-0.2, -0.15) is 0 Å². The van der Waals surface area contributed by atoms with Crippen LogP contribution >= 0.6 is 11.3 Å². The molecule has 0 spiro atoms. The number of nitrogens with zero attached hydrogens (tertiary/aromatic N) is 2. The summed E-state index contributed by atoms with van der Waals surface area (Å²) in [6.45, 7) is 5.60. The predicted molar refractivity (Wildman–Crippen MR) is 108 cm³/mol. The summed E-state index contributed by atoms with van der Waals surface area (Å²) in [5.41, 5.74) is 6.95. The molecular weight excluding hydrogens is 378 g/mol. The molecule has 2 aromatic rings. The van der Waals surface area contributed by atoms with E-state index in [0.717, 1.165) is 48.3 Å². The normalized spacial score (nSPS) is 14.6. The Kier molecular flexibility index (Phi) is 6.83. The van der Waals surface area contributed by atoms with E-state index in [1.807, 2.05) is 30.5 Å². The molecule has 1 aliphatic rings. The molecule has 1 aliphatic heterocycles. The van der Waals surface area contributed by atoms with Gasteiger partial charge in [0.15, 0.2) is 6.54 Å². The smallest absolute Gasteiger partial charge is 0.293 e. The summed E-state index contributed by atoms with van der Waals surface area (Å²) in [6, 6.07) is 7.96. The molecule has 9 heteroatoms. The molecule has 0 aliphatic carbocycles. The Hall–Kier alpha value is -2.65. The number of carbonyl (C=O) groups is 2. The van der Waals surface area contributed by atoms with E-state index in [1.54, 1.807) is 7.11 Å². The molecule has 1 saturated heterocycles. The average molecular weight is 405 g/mol. The van der Waals surface area contributed by atoms with Crippen LogP contribution in [0.4, 0.5) is 5.69 Å². The van der Waals surface area contributed by atoms with Crippen LogP contribution in [0.2, 0.25) is 0 Å². The quantitative estimate of drug-likeness (QED) is 0.568. The van der Waals surface area contributed by atoms with Gasteiger partial charge < -0.3 is 14.5 Å². The lowest BCUT2D eigenvalue weighted by atomic mass is 10.2. The van der Waals surface area contributed by atoms with Crippen molar-refractivity contribution in [3.8, 4) is 5.75 Å². The van der Waals surface area contributed by atoms with Gasteiger partial charge >= 0.3 is 0 Å². The van der Waals surface area contributed by atoms with Crippen LogP contribution in [0.25, 0.3) is 0 Å². The van der Waals surface area contributed by atoms with Crippen molar-refractivity contribution in [2.45, 2.75) is 13.3 Å². The third kappa shape index (κ3) is 5.43. The molecule has 0 atom stereocenters. The molecule has 1 fully saturated rings. The third-order valence-electron chi connectivity index (χ3n) is 4.63.